The minimum absolute atomic E-state index is 0.0170. The fourth-order valence-corrected chi connectivity index (χ4v) is 2.40. The van der Waals surface area contributed by atoms with Gasteiger partial charge in [-0.2, -0.15) is 0 Å². The maximum atomic E-state index is 11.2. The molecule has 0 unspecified atom stereocenters. The van der Waals surface area contributed by atoms with Crippen LogP contribution >= 0.6 is 0 Å². The number of rotatable bonds is 5. The molecule has 3 rings (SSSR count). The second-order valence-electron chi connectivity index (χ2n) is 5.23. The number of aromatic amines is 1. The number of fused-ring (bicyclic) bond motifs is 1. The molecule has 2 heterocycles. The summed E-state index contributed by atoms with van der Waals surface area (Å²) in [4.78, 5) is 15.4. The first kappa shape index (κ1) is 8.44. The van der Waals surface area contributed by atoms with E-state index in [1.165, 1.54) is 11.9 Å². The number of benzene rings is 1. The fourth-order valence-electron chi connectivity index (χ4n) is 2.40. The molecule has 1 atom stereocenters. The first-order valence-corrected chi connectivity index (χ1v) is 6.82. The van der Waals surface area contributed by atoms with Gasteiger partial charge in [0.1, 0.15) is 6.61 Å². The van der Waals surface area contributed by atoms with Crippen LogP contribution in [0, 0.1) is 0 Å². The van der Waals surface area contributed by atoms with E-state index in [-0.39, 0.29) is 43.7 Å². The number of likely N-dealkylation sites (N-methyl/N-ethyl adjacent to an activating group) is 1. The summed E-state index contributed by atoms with van der Waals surface area (Å²) in [6, 6.07) is -0.287. The normalized spacial score (nSPS) is 23.0. The number of amides is 1. The van der Waals surface area contributed by atoms with Gasteiger partial charge >= 0.3 is 6.09 Å². The van der Waals surface area contributed by atoms with Gasteiger partial charge in [-0.05, 0) is 50.1 Å². The van der Waals surface area contributed by atoms with E-state index in [1.807, 2.05) is 0 Å². The molecule has 1 aromatic heterocycles. The Morgan fingerprint density at radius 2 is 2.48 bits per heavy atom. The van der Waals surface area contributed by atoms with Crippen LogP contribution in [0.25, 0.3) is 10.9 Å². The monoisotopic (exact) mass is 293 g/mol. The molecule has 1 amide bonds. The lowest BCUT2D eigenvalue weighted by atomic mass is 10.0. The number of nitrogens with one attached hydrogen (secondary N) is 2. The minimum atomic E-state index is -2.20. The predicted octanol–water partition coefficient (Wildman–Crippen LogP) is 1.92. The lowest BCUT2D eigenvalue weighted by Crippen LogP contribution is -2.28. The van der Waals surface area contributed by atoms with Crippen molar-refractivity contribution >= 4 is 17.0 Å². The van der Waals surface area contributed by atoms with Gasteiger partial charge in [-0.15, -0.1) is 0 Å². The van der Waals surface area contributed by atoms with Crippen molar-refractivity contribution in [3.63, 3.8) is 0 Å². The molecule has 1 saturated heterocycles. The van der Waals surface area contributed by atoms with E-state index >= 15 is 0 Å². The third kappa shape index (κ3) is 3.19. The topological polar surface area (TPSA) is 57.4 Å². The van der Waals surface area contributed by atoms with Crippen LogP contribution in [-0.4, -0.2) is 49.2 Å². The molecule has 5 heteroatoms. The third-order valence-electron chi connectivity index (χ3n) is 3.48. The van der Waals surface area contributed by atoms with Crippen molar-refractivity contribution in [2.75, 3.05) is 27.2 Å². The molecule has 5 nitrogen and oxygen atoms in total. The Morgan fingerprint density at radius 1 is 1.57 bits per heavy atom. The quantitative estimate of drug-likeness (QED) is 0.885. The Bertz CT molecular complexity index is 879. The predicted molar refractivity (Wildman–Crippen MR) is 82.5 cm³/mol. The molecule has 2 aromatic rings. The number of nitrogens with zero attached hydrogens (tertiary/aromatic N) is 1. The second-order valence-corrected chi connectivity index (χ2v) is 5.23. The first-order chi connectivity index (χ1) is 12.6. The molecule has 0 bridgehead atoms. The number of hydrogen-bond donors (Lipinski definition) is 2. The van der Waals surface area contributed by atoms with Crippen LogP contribution in [0.3, 0.4) is 0 Å². The second kappa shape index (κ2) is 5.77. The largest absolute Gasteiger partial charge is 0.447 e. The molecule has 1 fully saturated rings. The average molecular weight is 293 g/mol. The Hall–Kier alpha value is -2.01. The number of cyclic esters (lactones) is 1. The maximum absolute atomic E-state index is 11.2. The molecule has 1 aliphatic rings. The van der Waals surface area contributed by atoms with E-state index in [0.29, 0.717) is 22.9 Å². The Kier molecular flexibility index (Phi) is 2.32. The number of carbonyl (C=O) groups is 1. The average Bonchev–Trinajstić information content (AvgIpc) is 3.20. The highest BCUT2D eigenvalue weighted by atomic mass is 16.6. The van der Waals surface area contributed by atoms with Gasteiger partial charge < -0.3 is 19.9 Å². The van der Waals surface area contributed by atoms with Gasteiger partial charge in [-0.1, -0.05) is 6.04 Å². The summed E-state index contributed by atoms with van der Waals surface area (Å²) in [7, 11) is 1.51. The van der Waals surface area contributed by atoms with E-state index in [4.69, 9.17) is 13.0 Å². The third-order valence-corrected chi connectivity index (χ3v) is 3.48. The maximum Gasteiger partial charge on any atom is 0.407 e. The summed E-state index contributed by atoms with van der Waals surface area (Å²) in [6.07, 6.45) is 1.75. The number of alkyl carbamates (subject to hydrolysis) is 1. The van der Waals surface area contributed by atoms with Gasteiger partial charge in [-0.25, -0.2) is 4.79 Å². The standard InChI is InChI=1S/C16H21N3O2/c1-19(2)6-5-12-9-17-15-4-3-11(8-14(12)15)7-13-10-21-16(20)18-13/h3-4,8-9,13,17H,5-7,10H2,1-2H3,(H,18,20)/t13-/m0/s1/i1D3,3D,4D,8D. The molecule has 0 aliphatic carbocycles. The van der Waals surface area contributed by atoms with Gasteiger partial charge in [0.15, 0.2) is 0 Å². The Morgan fingerprint density at radius 3 is 3.24 bits per heavy atom. The molecule has 1 aliphatic heterocycles. The lowest BCUT2D eigenvalue weighted by Gasteiger charge is -2.09. The summed E-state index contributed by atoms with van der Waals surface area (Å²) in [5.74, 6) is 0. The highest BCUT2D eigenvalue weighted by Gasteiger charge is 2.22. The van der Waals surface area contributed by atoms with Crippen LogP contribution in [0.15, 0.2) is 24.3 Å². The van der Waals surface area contributed by atoms with Gasteiger partial charge in [0.05, 0.1) is 10.2 Å². The van der Waals surface area contributed by atoms with E-state index in [9.17, 15) is 4.79 Å². The summed E-state index contributed by atoms with van der Waals surface area (Å²) in [5.41, 5.74) is 1.49. The molecule has 1 aromatic carbocycles. The van der Waals surface area contributed by atoms with E-state index in [0.717, 1.165) is 5.56 Å². The smallest absolute Gasteiger partial charge is 0.407 e. The zero-order valence-electron chi connectivity index (χ0n) is 17.7. The highest BCUT2D eigenvalue weighted by Crippen LogP contribution is 2.21. The van der Waals surface area contributed by atoms with Crippen molar-refractivity contribution in [1.29, 1.82) is 0 Å². The molecular weight excluding hydrogens is 266 g/mol. The fraction of sp³-hybridized carbons (Fsp3) is 0.438. The zero-order chi connectivity index (χ0) is 19.9. The number of H-pyrrole nitrogens is 1. The molecule has 0 saturated carbocycles. The van der Waals surface area contributed by atoms with Crippen LogP contribution in [0.1, 0.15) is 19.4 Å². The minimum Gasteiger partial charge on any atom is -0.447 e. The highest BCUT2D eigenvalue weighted by molar-refractivity contribution is 5.84. The SMILES string of the molecule is [2H]c1c(C[C@H]2COC(=O)N2)c([2H])c2c(CCN(C)C([2H])([2H])[2H])c[nH]c2c1[2H]. The van der Waals surface area contributed by atoms with Crippen molar-refractivity contribution < 1.29 is 17.8 Å². The summed E-state index contributed by atoms with van der Waals surface area (Å²) in [6.45, 7) is -1.77. The molecule has 21 heavy (non-hydrogen) atoms. The van der Waals surface area contributed by atoms with Gasteiger partial charge in [0, 0.05) is 27.8 Å². The number of hydrogen-bond acceptors (Lipinski definition) is 3. The van der Waals surface area contributed by atoms with Gasteiger partial charge in [0.2, 0.25) is 0 Å². The van der Waals surface area contributed by atoms with Crippen LogP contribution in [0.4, 0.5) is 4.79 Å². The Balaban J connectivity index is 1.94. The van der Waals surface area contributed by atoms with Crippen molar-refractivity contribution in [1.82, 2.24) is 15.2 Å². The first-order valence-electron chi connectivity index (χ1n) is 9.82. The van der Waals surface area contributed by atoms with E-state index in [2.05, 4.69) is 10.3 Å². The van der Waals surface area contributed by atoms with Crippen LogP contribution in [-0.2, 0) is 17.6 Å². The van der Waals surface area contributed by atoms with Crippen molar-refractivity contribution in [3.8, 4) is 0 Å². The van der Waals surface area contributed by atoms with Crippen LogP contribution < -0.4 is 5.32 Å². The molecular formula is C16H21N3O2. The van der Waals surface area contributed by atoms with E-state index in [1.54, 1.807) is 6.20 Å². The summed E-state index contributed by atoms with van der Waals surface area (Å²) >= 11 is 0. The van der Waals surface area contributed by atoms with Crippen molar-refractivity contribution in [3.05, 3.63) is 35.5 Å². The van der Waals surface area contributed by atoms with Crippen molar-refractivity contribution in [2.45, 2.75) is 18.9 Å². The zero-order valence-corrected chi connectivity index (χ0v) is 11.7. The van der Waals surface area contributed by atoms with Gasteiger partial charge in [-0.3, -0.25) is 0 Å². The van der Waals surface area contributed by atoms with Gasteiger partial charge in [0.25, 0.3) is 0 Å². The lowest BCUT2D eigenvalue weighted by molar-refractivity contribution is 0.177. The van der Waals surface area contributed by atoms with E-state index < -0.39 is 13.1 Å². The van der Waals surface area contributed by atoms with Crippen LogP contribution in [0.5, 0.6) is 0 Å². The van der Waals surface area contributed by atoms with Crippen LogP contribution in [0.2, 0.25) is 0 Å². The number of carbonyl (C=O) groups excluding carboxylic acids is 1. The molecule has 112 valence electrons. The number of ether oxygens (including phenoxy) is 1. The van der Waals surface area contributed by atoms with Crippen molar-refractivity contribution in [2.24, 2.45) is 0 Å². The molecule has 0 spiro atoms. The Labute approximate surface area is 132 Å². The number of aromatic nitrogens is 1. The molecule has 0 radical (unpaired) electrons. The summed E-state index contributed by atoms with van der Waals surface area (Å²) in [5, 5.41) is 3.15. The summed E-state index contributed by atoms with van der Waals surface area (Å²) < 4.78 is 52.2. The molecule has 2 N–H and O–H groups in total.